The van der Waals surface area contributed by atoms with Crippen molar-refractivity contribution in [2.45, 2.75) is 17.5 Å². The monoisotopic (exact) mass is 569 g/mol. The zero-order chi connectivity index (χ0) is 19.0. The van der Waals surface area contributed by atoms with Gasteiger partial charge in [-0.25, -0.2) is 0 Å². The molecule has 1 radical (unpaired) electrons. The van der Waals surface area contributed by atoms with Crippen LogP contribution in [0.25, 0.3) is 0 Å². The van der Waals surface area contributed by atoms with Gasteiger partial charge in [-0.05, 0) is 0 Å². The van der Waals surface area contributed by atoms with Gasteiger partial charge in [-0.2, -0.15) is 0 Å². The topological polar surface area (TPSA) is 33.6 Å². The van der Waals surface area contributed by atoms with Crippen molar-refractivity contribution < 1.29 is 14.2 Å². The first-order valence-corrected chi connectivity index (χ1v) is 16.4. The molecular weight excluding hydrogens is 551 g/mol. The molecule has 0 aliphatic carbocycles. The SMILES string of the molecule is C[Se]c1cc2c3c(c1)Oc1cc([Se]C)cc4c1[N+]3c1c(cc([Se]C)cc1O4)O2. The molecule has 3 heterocycles. The average Bonchev–Trinajstić information content (AvgIpc) is 2.72. The zero-order valence-electron chi connectivity index (χ0n) is 15.4. The van der Waals surface area contributed by atoms with Gasteiger partial charge in [0, 0.05) is 0 Å². The van der Waals surface area contributed by atoms with Crippen LogP contribution in [0.4, 0.5) is 17.1 Å². The number of benzene rings is 3. The van der Waals surface area contributed by atoms with E-state index in [-0.39, 0.29) is 0 Å². The Morgan fingerprint density at radius 3 is 0.964 bits per heavy atom. The van der Waals surface area contributed by atoms with Gasteiger partial charge in [-0.15, -0.1) is 0 Å². The molecule has 0 saturated carbocycles. The molecule has 0 N–H and O–H groups in total. The van der Waals surface area contributed by atoms with Gasteiger partial charge >= 0.3 is 183 Å². The van der Waals surface area contributed by atoms with Crippen LogP contribution in [0.15, 0.2) is 36.4 Å². The molecule has 3 aliphatic rings. The van der Waals surface area contributed by atoms with Gasteiger partial charge in [0.05, 0.1) is 0 Å². The van der Waals surface area contributed by atoms with Crippen LogP contribution in [-0.2, 0) is 0 Å². The molecule has 28 heavy (non-hydrogen) atoms. The van der Waals surface area contributed by atoms with Crippen LogP contribution in [0.5, 0.6) is 34.5 Å². The van der Waals surface area contributed by atoms with Gasteiger partial charge in [-0.1, -0.05) is 0 Å². The third kappa shape index (κ3) is 2.33. The van der Waals surface area contributed by atoms with E-state index in [1.165, 1.54) is 13.4 Å². The van der Waals surface area contributed by atoms with Crippen molar-refractivity contribution in [3.05, 3.63) is 36.4 Å². The molecule has 0 amide bonds. The molecule has 7 heteroatoms. The molecule has 0 spiro atoms. The molecule has 0 fully saturated rings. The number of ether oxygens (including phenoxy) is 3. The van der Waals surface area contributed by atoms with Crippen LogP contribution in [-0.4, -0.2) is 44.9 Å². The second-order valence-corrected chi connectivity index (χ2v) is 12.1. The second kappa shape index (κ2) is 6.29. The van der Waals surface area contributed by atoms with Gasteiger partial charge < -0.3 is 0 Å². The summed E-state index contributed by atoms with van der Waals surface area (Å²) < 4.78 is 23.0. The predicted molar refractivity (Wildman–Crippen MR) is 114 cm³/mol. The van der Waals surface area contributed by atoms with E-state index in [9.17, 15) is 0 Å². The molecular formula is C21H15NO3Se3+. The van der Waals surface area contributed by atoms with Gasteiger partial charge in [0.25, 0.3) is 0 Å². The minimum absolute atomic E-state index is 0.364. The predicted octanol–water partition coefficient (Wildman–Crippen LogP) is 3.57. The summed E-state index contributed by atoms with van der Waals surface area (Å²) in [6, 6.07) is 13.0. The van der Waals surface area contributed by atoms with E-state index in [2.05, 4.69) is 58.8 Å². The van der Waals surface area contributed by atoms with E-state index in [4.69, 9.17) is 14.2 Å². The number of rotatable bonds is 3. The first kappa shape index (κ1) is 17.4. The first-order chi connectivity index (χ1) is 13.7. The van der Waals surface area contributed by atoms with Gasteiger partial charge in [0.15, 0.2) is 0 Å². The summed E-state index contributed by atoms with van der Waals surface area (Å²) >= 11 is 1.09. The average molecular weight is 566 g/mol. The zero-order valence-corrected chi connectivity index (χ0v) is 20.5. The summed E-state index contributed by atoms with van der Waals surface area (Å²) in [4.78, 5) is 2.29. The van der Waals surface area contributed by atoms with Crippen LogP contribution in [0.2, 0.25) is 17.5 Å². The van der Waals surface area contributed by atoms with E-state index in [1.54, 1.807) is 0 Å². The van der Waals surface area contributed by atoms with Crippen molar-refractivity contribution in [3.8, 4) is 34.5 Å². The van der Waals surface area contributed by atoms with E-state index in [0.717, 1.165) is 51.6 Å². The van der Waals surface area contributed by atoms with Crippen molar-refractivity contribution in [2.75, 3.05) is 0 Å². The third-order valence-corrected chi connectivity index (χ3v) is 9.53. The Morgan fingerprint density at radius 2 is 0.750 bits per heavy atom. The molecule has 0 saturated heterocycles. The van der Waals surface area contributed by atoms with Crippen LogP contribution in [0, 0.1) is 0 Å². The quantitative estimate of drug-likeness (QED) is 0.243. The maximum absolute atomic E-state index is 6.40. The van der Waals surface area contributed by atoms with Gasteiger partial charge in [0.2, 0.25) is 0 Å². The van der Waals surface area contributed by atoms with Crippen LogP contribution >= 0.6 is 0 Å². The summed E-state index contributed by atoms with van der Waals surface area (Å²) in [5.74, 6) is 11.9. The fourth-order valence-electron chi connectivity index (χ4n) is 3.85. The Bertz CT molecular complexity index is 962. The molecule has 139 valence electrons. The summed E-state index contributed by atoms with van der Waals surface area (Å²) in [6.07, 6.45) is 0. The summed E-state index contributed by atoms with van der Waals surface area (Å²) in [6.45, 7) is 0. The van der Waals surface area contributed by atoms with E-state index < -0.39 is 0 Å². The third-order valence-electron chi connectivity index (χ3n) is 5.08. The summed E-state index contributed by atoms with van der Waals surface area (Å²) in [7, 11) is 0. The van der Waals surface area contributed by atoms with Crippen molar-refractivity contribution in [1.29, 1.82) is 0 Å². The second-order valence-electron chi connectivity index (χ2n) is 6.56. The molecule has 0 atom stereocenters. The number of anilines is 3. The van der Waals surface area contributed by atoms with Gasteiger partial charge in [-0.3, -0.25) is 0 Å². The maximum atomic E-state index is 6.40. The van der Waals surface area contributed by atoms with Crippen LogP contribution in [0.3, 0.4) is 0 Å². The van der Waals surface area contributed by atoms with E-state index >= 15 is 0 Å². The van der Waals surface area contributed by atoms with Crippen molar-refractivity contribution in [2.24, 2.45) is 0 Å². The van der Waals surface area contributed by atoms with Gasteiger partial charge in [0.1, 0.15) is 0 Å². The van der Waals surface area contributed by atoms with Crippen LogP contribution < -0.4 is 32.5 Å². The Labute approximate surface area is 182 Å². The Kier molecular flexibility index (Phi) is 3.92. The molecule has 3 aromatic rings. The Morgan fingerprint density at radius 1 is 0.500 bits per heavy atom. The number of hydrogen-bond donors (Lipinski definition) is 0. The Balaban J connectivity index is 1.71. The molecule has 3 aromatic carbocycles. The van der Waals surface area contributed by atoms with Crippen molar-refractivity contribution >= 4 is 75.3 Å². The standard InChI is InChI=1S/C21H15NO3Se3/c1-26-10-4-13-19-14(5-10)24-16-7-12(28-3)9-18-21(16)22(19)20-15(23-13)6-11(27-2)8-17(20)25-18/h4-9H,1-3H3/q+1. The van der Waals surface area contributed by atoms with E-state index in [1.807, 2.05) is 0 Å². The molecule has 6 rings (SSSR count). The Hall–Kier alpha value is -1.42. The summed E-state index contributed by atoms with van der Waals surface area (Å²) in [5.41, 5.74) is 2.97. The molecule has 0 unspecified atom stereocenters. The molecule has 0 aromatic heterocycles. The van der Waals surface area contributed by atoms with Crippen molar-refractivity contribution in [1.82, 2.24) is 4.90 Å². The molecule has 4 nitrogen and oxygen atoms in total. The number of nitrogens with zero attached hydrogens (tertiary/aromatic N) is 1. The number of hydrogen-bond acceptors (Lipinski definition) is 4. The first-order valence-electron chi connectivity index (χ1n) is 8.70. The normalized spacial score (nSPS) is 14.7. The van der Waals surface area contributed by atoms with Crippen molar-refractivity contribution in [3.63, 3.8) is 0 Å². The van der Waals surface area contributed by atoms with E-state index in [0.29, 0.717) is 44.9 Å². The summed E-state index contributed by atoms with van der Waals surface area (Å²) in [5, 5.41) is 0. The fraction of sp³-hybridized carbons (Fsp3) is 0.143. The molecule has 0 bridgehead atoms. The minimum atomic E-state index is 0.364. The molecule has 3 aliphatic heterocycles. The fourth-order valence-corrected chi connectivity index (χ4v) is 6.68. The van der Waals surface area contributed by atoms with Crippen LogP contribution in [0.1, 0.15) is 0 Å².